The highest BCUT2D eigenvalue weighted by Crippen LogP contribution is 2.56. The molecule has 1 N–H and O–H groups in total. The van der Waals surface area contributed by atoms with Crippen molar-refractivity contribution in [3.05, 3.63) is 70.3 Å². The average Bonchev–Trinajstić information content (AvgIpc) is 3.14. The van der Waals surface area contributed by atoms with Gasteiger partial charge in [0.25, 0.3) is 5.56 Å². The molecule has 9 nitrogen and oxygen atoms in total. The van der Waals surface area contributed by atoms with Crippen molar-refractivity contribution in [2.24, 2.45) is 0 Å². The van der Waals surface area contributed by atoms with Crippen LogP contribution in [0.5, 0.6) is 0 Å². The fourth-order valence-electron chi connectivity index (χ4n) is 5.98. The highest BCUT2D eigenvalue weighted by molar-refractivity contribution is 6.02. The van der Waals surface area contributed by atoms with Gasteiger partial charge in [-0.1, -0.05) is 30.3 Å². The first-order chi connectivity index (χ1) is 15.9. The zero-order valence-corrected chi connectivity index (χ0v) is 18.1. The van der Waals surface area contributed by atoms with Gasteiger partial charge in [0.2, 0.25) is 11.8 Å². The average molecular weight is 443 g/mol. The number of fused-ring (bicyclic) bond motifs is 5. The van der Waals surface area contributed by atoms with E-state index in [-0.39, 0.29) is 29.8 Å². The van der Waals surface area contributed by atoms with Crippen molar-refractivity contribution in [3.8, 4) is 0 Å². The molecule has 0 saturated carbocycles. The number of carbonyl (C=O) groups excluding carboxylic acids is 2. The van der Waals surface area contributed by atoms with Crippen LogP contribution in [-0.4, -0.2) is 45.5 Å². The first-order valence-electron chi connectivity index (χ1n) is 11.1. The Morgan fingerprint density at radius 3 is 2.67 bits per heavy atom. The van der Waals surface area contributed by atoms with Gasteiger partial charge in [-0.05, 0) is 25.1 Å². The topological polar surface area (TPSA) is 96.8 Å². The van der Waals surface area contributed by atoms with Gasteiger partial charge in [0, 0.05) is 19.0 Å². The molecule has 33 heavy (non-hydrogen) atoms. The number of nitrogens with zero attached hydrogens (tertiary/aromatic N) is 4. The lowest BCUT2D eigenvalue weighted by Crippen LogP contribution is -2.51. The molecule has 9 heteroatoms. The number of para-hydroxylation sites is 2. The maximum atomic E-state index is 13.6. The van der Waals surface area contributed by atoms with Crippen LogP contribution in [0.2, 0.25) is 0 Å². The minimum atomic E-state index is -1.01. The molecular formula is C24H21N5O4. The number of likely N-dealkylation sites (N-methyl/N-ethyl adjacent to an activating group) is 1. The van der Waals surface area contributed by atoms with E-state index in [1.165, 1.54) is 9.47 Å². The summed E-state index contributed by atoms with van der Waals surface area (Å²) in [6, 6.07) is 13.6. The predicted octanol–water partition coefficient (Wildman–Crippen LogP) is 1.39. The number of benzene rings is 2. The van der Waals surface area contributed by atoms with Crippen molar-refractivity contribution in [3.63, 3.8) is 0 Å². The molecule has 0 aliphatic carbocycles. The van der Waals surface area contributed by atoms with E-state index in [2.05, 4.69) is 5.32 Å². The van der Waals surface area contributed by atoms with Gasteiger partial charge in [0.05, 0.1) is 22.6 Å². The predicted molar refractivity (Wildman–Crippen MR) is 118 cm³/mol. The molecule has 2 bridgehead atoms. The molecule has 0 unspecified atom stereocenters. The molecule has 1 spiro atoms. The number of ether oxygens (including phenoxy) is 1. The first kappa shape index (κ1) is 19.0. The van der Waals surface area contributed by atoms with Gasteiger partial charge in [-0.3, -0.25) is 29.2 Å². The molecule has 5 aliphatic heterocycles. The van der Waals surface area contributed by atoms with E-state index >= 15 is 0 Å². The van der Waals surface area contributed by atoms with E-state index in [9.17, 15) is 14.4 Å². The van der Waals surface area contributed by atoms with Crippen molar-refractivity contribution in [2.75, 3.05) is 11.9 Å². The second-order valence-corrected chi connectivity index (χ2v) is 9.21. The lowest BCUT2D eigenvalue weighted by atomic mass is 9.86. The summed E-state index contributed by atoms with van der Waals surface area (Å²) in [6.45, 7) is 1.83. The molecule has 8 rings (SSSR count). The third-order valence-electron chi connectivity index (χ3n) is 7.51. The Morgan fingerprint density at radius 1 is 1.06 bits per heavy atom. The Bertz CT molecular complexity index is 1450. The lowest BCUT2D eigenvalue weighted by Gasteiger charge is -2.37. The van der Waals surface area contributed by atoms with Crippen molar-refractivity contribution in [2.45, 2.75) is 43.4 Å². The molecule has 6 heterocycles. The van der Waals surface area contributed by atoms with Gasteiger partial charge in [-0.2, -0.15) is 0 Å². The molecule has 2 fully saturated rings. The second-order valence-electron chi connectivity index (χ2n) is 9.21. The summed E-state index contributed by atoms with van der Waals surface area (Å²) in [7, 11) is 1.68. The van der Waals surface area contributed by atoms with Gasteiger partial charge in [-0.25, -0.2) is 4.98 Å². The number of nitrogens with one attached hydrogen (secondary N) is 1. The van der Waals surface area contributed by atoms with E-state index in [1.54, 1.807) is 30.1 Å². The second kappa shape index (κ2) is 6.06. The number of anilines is 1. The summed E-state index contributed by atoms with van der Waals surface area (Å²) >= 11 is 0. The van der Waals surface area contributed by atoms with E-state index in [0.29, 0.717) is 16.7 Å². The van der Waals surface area contributed by atoms with E-state index in [4.69, 9.17) is 9.72 Å². The Labute approximate surface area is 188 Å². The van der Waals surface area contributed by atoms with Crippen LogP contribution in [0.1, 0.15) is 37.0 Å². The number of hydrogen-bond donors (Lipinski definition) is 1. The summed E-state index contributed by atoms with van der Waals surface area (Å²) in [6.07, 6.45) is -1.14. The largest absolute Gasteiger partial charge is 0.336 e. The van der Waals surface area contributed by atoms with Crippen LogP contribution in [-0.2, 0) is 19.9 Å². The Morgan fingerprint density at radius 2 is 1.82 bits per heavy atom. The van der Waals surface area contributed by atoms with Crippen LogP contribution < -0.4 is 15.8 Å². The van der Waals surface area contributed by atoms with Crippen molar-refractivity contribution < 1.29 is 14.3 Å². The van der Waals surface area contributed by atoms with Crippen LogP contribution in [0.15, 0.2) is 53.3 Å². The van der Waals surface area contributed by atoms with Gasteiger partial charge in [0.1, 0.15) is 17.8 Å². The highest BCUT2D eigenvalue weighted by atomic mass is 16.5. The molecule has 5 atom stereocenters. The summed E-state index contributed by atoms with van der Waals surface area (Å²) < 4.78 is 8.34. The summed E-state index contributed by atoms with van der Waals surface area (Å²) in [5.74, 6) is 0.176. The Balaban J connectivity index is 1.51. The van der Waals surface area contributed by atoms with Crippen molar-refractivity contribution in [1.29, 1.82) is 0 Å². The smallest absolute Gasteiger partial charge is 0.262 e. The normalized spacial score (nSPS) is 31.8. The molecule has 5 aliphatic rings. The Kier molecular flexibility index (Phi) is 3.48. The molecule has 2 saturated heterocycles. The quantitative estimate of drug-likeness (QED) is 0.564. The SMILES string of the molecule is C[C@@H]1N[C@H]2N(C1=O)c1ccccc1[C@@]21C[C@H]2C(=O)N(C)[C@H](O1)c1nc3ccccc3c(=O)n12. The number of amides is 2. The van der Waals surface area contributed by atoms with Crippen LogP contribution in [0, 0.1) is 0 Å². The lowest BCUT2D eigenvalue weighted by molar-refractivity contribution is -0.169. The number of rotatable bonds is 0. The van der Waals surface area contributed by atoms with Gasteiger partial charge in [-0.15, -0.1) is 0 Å². The minimum absolute atomic E-state index is 0.0391. The third-order valence-corrected chi connectivity index (χ3v) is 7.51. The van der Waals surface area contributed by atoms with Gasteiger partial charge in [0.15, 0.2) is 12.1 Å². The van der Waals surface area contributed by atoms with Crippen LogP contribution in [0.3, 0.4) is 0 Å². The zero-order chi connectivity index (χ0) is 22.6. The summed E-state index contributed by atoms with van der Waals surface area (Å²) in [5, 5.41) is 3.85. The van der Waals surface area contributed by atoms with Gasteiger partial charge >= 0.3 is 0 Å². The number of carbonyl (C=O) groups is 2. The van der Waals surface area contributed by atoms with Crippen LogP contribution >= 0.6 is 0 Å². The standard InChI is InChI=1S/C24H21N5O4/c1-12-19(30)29-16-10-6-4-8-14(16)24(23(29)25-12)11-17-21(32)27(2)22(33-24)18-26-15-9-5-3-7-13(15)20(31)28(17)18/h3-10,12,17,22-23,25H,11H2,1-2H3/t12-,17-,22+,23-,24-/m0/s1. The van der Waals surface area contributed by atoms with E-state index < -0.39 is 24.0 Å². The van der Waals surface area contributed by atoms with Gasteiger partial charge < -0.3 is 9.64 Å². The third kappa shape index (κ3) is 2.14. The Hall–Kier alpha value is -3.56. The molecule has 166 valence electrons. The molecular weight excluding hydrogens is 422 g/mol. The zero-order valence-electron chi connectivity index (χ0n) is 18.1. The van der Waals surface area contributed by atoms with Crippen LogP contribution in [0.25, 0.3) is 10.9 Å². The molecule has 0 radical (unpaired) electrons. The first-order valence-corrected chi connectivity index (χ1v) is 11.1. The fourth-order valence-corrected chi connectivity index (χ4v) is 5.98. The van der Waals surface area contributed by atoms with Crippen LogP contribution in [0.4, 0.5) is 5.69 Å². The maximum Gasteiger partial charge on any atom is 0.262 e. The maximum absolute atomic E-state index is 13.6. The number of hydrogen-bond acceptors (Lipinski definition) is 6. The summed E-state index contributed by atoms with van der Waals surface area (Å²) in [4.78, 5) is 48.2. The monoisotopic (exact) mass is 443 g/mol. The molecule has 1 aromatic heterocycles. The highest BCUT2D eigenvalue weighted by Gasteiger charge is 2.64. The van der Waals surface area contributed by atoms with Crippen molar-refractivity contribution in [1.82, 2.24) is 19.8 Å². The fraction of sp³-hybridized carbons (Fsp3) is 0.333. The molecule has 2 amide bonds. The van der Waals surface area contributed by atoms with E-state index in [1.807, 2.05) is 37.3 Å². The van der Waals surface area contributed by atoms with E-state index in [0.717, 1.165) is 11.3 Å². The van der Waals surface area contributed by atoms with Crippen molar-refractivity contribution >= 4 is 28.4 Å². The summed E-state index contributed by atoms with van der Waals surface area (Å²) in [5.41, 5.74) is 0.913. The number of aromatic nitrogens is 2. The minimum Gasteiger partial charge on any atom is -0.336 e. The molecule has 3 aromatic rings. The molecule has 2 aromatic carbocycles.